The van der Waals surface area contributed by atoms with Gasteiger partial charge < -0.3 is 25.8 Å². The van der Waals surface area contributed by atoms with E-state index < -0.39 is 29.2 Å². The number of amides is 2. The number of thioether (sulfide) groups is 2. The molecule has 2 aliphatic heterocycles. The Balaban J connectivity index is 0.00000336. The number of hydrogen-bond donors (Lipinski definition) is 2. The van der Waals surface area contributed by atoms with Gasteiger partial charge >= 0.3 is 29.6 Å². The number of nitrogen functional groups attached to an aromatic ring is 1. The molecule has 1 fully saturated rings. The summed E-state index contributed by atoms with van der Waals surface area (Å²) in [5.74, 6) is -1.49. The summed E-state index contributed by atoms with van der Waals surface area (Å²) in [4.78, 5) is 56.5. The first kappa shape index (κ1) is 28.4. The summed E-state index contributed by atoms with van der Waals surface area (Å²) in [6, 6.07) is 0.930. The van der Waals surface area contributed by atoms with Crippen molar-refractivity contribution in [2.75, 3.05) is 24.3 Å². The Labute approximate surface area is 250 Å². The molecule has 5 heterocycles. The number of anilines is 1. The molecule has 0 spiro atoms. The largest absolute Gasteiger partial charge is 1.00 e. The van der Waals surface area contributed by atoms with Crippen LogP contribution in [-0.4, -0.2) is 77.8 Å². The number of thiazole rings is 1. The Bertz CT molecular complexity index is 1490. The van der Waals surface area contributed by atoms with Crippen molar-refractivity contribution in [3.05, 3.63) is 46.5 Å². The van der Waals surface area contributed by atoms with E-state index in [2.05, 4.69) is 25.4 Å². The molecule has 0 aliphatic carbocycles. The van der Waals surface area contributed by atoms with E-state index in [1.807, 2.05) is 17.4 Å². The third-order valence-corrected chi connectivity index (χ3v) is 8.67. The van der Waals surface area contributed by atoms with E-state index in [0.717, 1.165) is 22.1 Å². The van der Waals surface area contributed by atoms with Crippen molar-refractivity contribution in [3.63, 3.8) is 0 Å². The molecule has 0 aromatic carbocycles. The summed E-state index contributed by atoms with van der Waals surface area (Å²) in [5, 5.41) is 20.4. The average molecular weight is 583 g/mol. The molecule has 1 saturated heterocycles. The van der Waals surface area contributed by atoms with E-state index in [1.54, 1.807) is 17.8 Å². The number of nitrogens with one attached hydrogen (secondary N) is 1. The summed E-state index contributed by atoms with van der Waals surface area (Å²) in [5.41, 5.74) is 6.87. The average Bonchev–Trinajstić information content (AvgIpc) is 3.52. The summed E-state index contributed by atoms with van der Waals surface area (Å²) in [6.45, 7) is 1.85. The van der Waals surface area contributed by atoms with Crippen LogP contribution in [0.4, 0.5) is 5.13 Å². The first-order valence-electron chi connectivity index (χ1n) is 10.7. The second-order valence-electron chi connectivity index (χ2n) is 7.92. The van der Waals surface area contributed by atoms with Crippen molar-refractivity contribution >= 4 is 69.3 Å². The molecule has 3 N–H and O–H groups in total. The number of aliphatic carboxylic acids is 1. The van der Waals surface area contributed by atoms with E-state index in [0.29, 0.717) is 22.9 Å². The standard InChI is InChI=1S/C21H20N8O5S3.Na/c1-9-5-12(28-4-3-23-21(28)24-9)35-6-10-7-36-18-14(17(31)29(18)15(10)19(32)33)26-16(30)13(27-34-2)11-8-37-20(22)25-11;/h3-5,8,14,18H,6-7H2,1-2H3,(H2,22,25)(H,26,30)(H,32,33);/q;+1/p-1/b27-13-;/t14-,18-;/m1./s1. The number of β-lactam (4-membered cyclic amide) rings is 1. The van der Waals surface area contributed by atoms with Gasteiger partial charge in [-0.05, 0) is 18.6 Å². The van der Waals surface area contributed by atoms with Gasteiger partial charge in [-0.2, -0.15) is 0 Å². The maximum atomic E-state index is 13.0. The van der Waals surface area contributed by atoms with Crippen molar-refractivity contribution in [1.82, 2.24) is 29.6 Å². The van der Waals surface area contributed by atoms with Crippen LogP contribution in [0.1, 0.15) is 11.4 Å². The van der Waals surface area contributed by atoms with E-state index in [1.165, 1.54) is 35.5 Å². The van der Waals surface area contributed by atoms with E-state index >= 15 is 0 Å². The van der Waals surface area contributed by atoms with Crippen LogP contribution in [-0.2, 0) is 19.2 Å². The Kier molecular flexibility index (Phi) is 8.68. The molecule has 0 radical (unpaired) electrons. The fourth-order valence-corrected chi connectivity index (χ4v) is 7.06. The van der Waals surface area contributed by atoms with Crippen molar-refractivity contribution in [1.29, 1.82) is 0 Å². The zero-order valence-electron chi connectivity index (χ0n) is 20.4. The number of nitrogens with two attached hydrogens (primary N) is 1. The molecule has 0 unspecified atom stereocenters. The Morgan fingerprint density at radius 3 is 2.87 bits per heavy atom. The van der Waals surface area contributed by atoms with Crippen molar-refractivity contribution in [2.24, 2.45) is 5.16 Å². The number of oxime groups is 1. The van der Waals surface area contributed by atoms with Crippen LogP contribution in [0.25, 0.3) is 5.78 Å². The maximum absolute atomic E-state index is 13.0. The number of rotatable bonds is 8. The van der Waals surface area contributed by atoms with Crippen molar-refractivity contribution in [3.8, 4) is 0 Å². The molecule has 0 saturated carbocycles. The molecule has 2 atom stereocenters. The van der Waals surface area contributed by atoms with Gasteiger partial charge in [-0.15, -0.1) is 34.9 Å². The molecule has 0 bridgehead atoms. The van der Waals surface area contributed by atoms with Gasteiger partial charge in [0, 0.05) is 35.0 Å². The van der Waals surface area contributed by atoms with Crippen LogP contribution < -0.4 is 45.7 Å². The minimum atomic E-state index is -1.45. The van der Waals surface area contributed by atoms with Crippen LogP contribution in [0.2, 0.25) is 0 Å². The molecule has 3 aromatic heterocycles. The number of nitrogens with zero attached hydrogens (tertiary/aromatic N) is 6. The predicted octanol–water partition coefficient (Wildman–Crippen LogP) is -3.37. The first-order chi connectivity index (χ1) is 17.8. The summed E-state index contributed by atoms with van der Waals surface area (Å²) >= 11 is 3.89. The predicted molar refractivity (Wildman–Crippen MR) is 136 cm³/mol. The number of aromatic nitrogens is 4. The van der Waals surface area contributed by atoms with E-state index in [9.17, 15) is 19.5 Å². The fraction of sp³-hybridized carbons (Fsp3) is 0.286. The van der Waals surface area contributed by atoms with Crippen LogP contribution in [0.5, 0.6) is 0 Å². The minimum Gasteiger partial charge on any atom is -0.543 e. The zero-order valence-corrected chi connectivity index (χ0v) is 24.9. The van der Waals surface area contributed by atoms with Crippen molar-refractivity contribution < 1.29 is 53.9 Å². The monoisotopic (exact) mass is 582 g/mol. The Morgan fingerprint density at radius 2 is 2.18 bits per heavy atom. The van der Waals surface area contributed by atoms with E-state index in [4.69, 9.17) is 10.6 Å². The van der Waals surface area contributed by atoms with Gasteiger partial charge in [0.15, 0.2) is 10.8 Å². The SMILES string of the molecule is CO/N=C(\C(=O)N[C@@H]1C(=O)N2C(C(=O)[O-])=C(CSc3cc(C)nc4nccn34)CS[C@H]12)c1csc(N)n1.[Na+]. The summed E-state index contributed by atoms with van der Waals surface area (Å²) in [6.07, 6.45) is 3.41. The molecule has 13 nitrogen and oxygen atoms in total. The van der Waals surface area contributed by atoms with Crippen LogP contribution >= 0.6 is 34.9 Å². The molecule has 2 aliphatic rings. The molecule has 3 aromatic rings. The van der Waals surface area contributed by atoms with Crippen LogP contribution in [0.3, 0.4) is 0 Å². The smallest absolute Gasteiger partial charge is 0.543 e. The molecule has 192 valence electrons. The number of carbonyl (C=O) groups is 3. The normalized spacial score (nSPS) is 19.1. The molecular formula is C21H19N8NaO5S3. The number of carboxylic acids is 1. The van der Waals surface area contributed by atoms with Gasteiger partial charge in [-0.25, -0.2) is 15.0 Å². The Hall–Kier alpha value is -2.63. The van der Waals surface area contributed by atoms with Gasteiger partial charge in [-0.3, -0.25) is 18.9 Å². The van der Waals surface area contributed by atoms with Gasteiger partial charge in [0.2, 0.25) is 5.78 Å². The molecule has 5 rings (SSSR count). The van der Waals surface area contributed by atoms with E-state index in [-0.39, 0.29) is 51.8 Å². The topological polar surface area (TPSA) is 180 Å². The van der Waals surface area contributed by atoms with Gasteiger partial charge in [0.1, 0.15) is 24.2 Å². The fourth-order valence-electron chi connectivity index (χ4n) is 3.95. The minimum absolute atomic E-state index is 0. The second kappa shape index (κ2) is 11.6. The van der Waals surface area contributed by atoms with Crippen molar-refractivity contribution in [2.45, 2.75) is 23.4 Å². The maximum Gasteiger partial charge on any atom is 1.00 e. The molecule has 38 heavy (non-hydrogen) atoms. The number of carbonyl (C=O) groups excluding carboxylic acids is 3. The van der Waals surface area contributed by atoms with Crippen LogP contribution in [0.15, 0.2) is 45.3 Å². The number of carboxylic acid groups (broad SMARTS) is 1. The number of hydrogen-bond acceptors (Lipinski definition) is 13. The summed E-state index contributed by atoms with van der Waals surface area (Å²) in [7, 11) is 1.28. The number of aryl methyl sites for hydroxylation is 1. The number of imidazole rings is 1. The van der Waals surface area contributed by atoms with Gasteiger partial charge in [0.25, 0.3) is 11.8 Å². The molecule has 17 heteroatoms. The van der Waals surface area contributed by atoms with Gasteiger partial charge in [-0.1, -0.05) is 5.16 Å². The summed E-state index contributed by atoms with van der Waals surface area (Å²) < 4.78 is 1.81. The second-order valence-corrected chi connectivity index (χ2v) is 10.9. The third-order valence-electron chi connectivity index (χ3n) is 5.55. The quantitative estimate of drug-likeness (QED) is 0.0676. The first-order valence-corrected chi connectivity index (χ1v) is 13.6. The third kappa shape index (κ3) is 5.28. The van der Waals surface area contributed by atoms with Crippen LogP contribution in [0, 0.1) is 6.92 Å². The number of fused-ring (bicyclic) bond motifs is 2. The van der Waals surface area contributed by atoms with Gasteiger partial charge in [0.05, 0.1) is 16.7 Å². The molecule has 2 amide bonds. The molecular weight excluding hydrogens is 563 g/mol. The zero-order chi connectivity index (χ0) is 26.3. The Morgan fingerprint density at radius 1 is 1.39 bits per heavy atom.